The van der Waals surface area contributed by atoms with Gasteiger partial charge in [-0.05, 0) is 87.5 Å². The molecule has 5 aliphatic rings. The van der Waals surface area contributed by atoms with Crippen molar-refractivity contribution < 1.29 is 0 Å². The van der Waals surface area contributed by atoms with Crippen LogP contribution in [-0.4, -0.2) is 25.1 Å². The molecule has 3 heterocycles. The van der Waals surface area contributed by atoms with Crippen LogP contribution in [0.25, 0.3) is 10.2 Å². The maximum atomic E-state index is 12.8. The van der Waals surface area contributed by atoms with Crippen LogP contribution in [0.2, 0.25) is 0 Å². The Bertz CT molecular complexity index is 1190. The van der Waals surface area contributed by atoms with Gasteiger partial charge in [0.05, 0.1) is 11.1 Å². The number of hydrogen-bond donors (Lipinski definition) is 2. The molecule has 0 unspecified atom stereocenters. The lowest BCUT2D eigenvalue weighted by Crippen LogP contribution is -2.49. The Kier molecular flexibility index (Phi) is 4.20. The van der Waals surface area contributed by atoms with Gasteiger partial charge in [-0.1, -0.05) is 11.8 Å². The van der Waals surface area contributed by atoms with Gasteiger partial charge in [-0.15, -0.1) is 16.4 Å². The highest BCUT2D eigenvalue weighted by atomic mass is 32.2. The fourth-order valence-electron chi connectivity index (χ4n) is 7.36. The van der Waals surface area contributed by atoms with Gasteiger partial charge in [-0.2, -0.15) is 0 Å². The predicted molar refractivity (Wildman–Crippen MR) is 123 cm³/mol. The molecule has 31 heavy (non-hydrogen) atoms. The summed E-state index contributed by atoms with van der Waals surface area (Å²) in [6.07, 6.45) is 12.6. The van der Waals surface area contributed by atoms with Gasteiger partial charge in [0, 0.05) is 10.3 Å². The monoisotopic (exact) mass is 453 g/mol. The van der Waals surface area contributed by atoms with Crippen molar-refractivity contribution in [2.75, 3.05) is 0 Å². The summed E-state index contributed by atoms with van der Waals surface area (Å²) in [4.78, 5) is 27.8. The van der Waals surface area contributed by atoms with E-state index in [0.717, 1.165) is 57.6 Å². The number of thiophene rings is 1. The first-order valence-electron chi connectivity index (χ1n) is 11.7. The van der Waals surface area contributed by atoms with E-state index in [1.807, 2.05) is 0 Å². The van der Waals surface area contributed by atoms with Crippen molar-refractivity contribution in [3.8, 4) is 0 Å². The van der Waals surface area contributed by atoms with Crippen LogP contribution in [0, 0.1) is 17.8 Å². The van der Waals surface area contributed by atoms with Crippen molar-refractivity contribution >= 4 is 33.3 Å². The number of fused-ring (bicyclic) bond motifs is 3. The minimum Gasteiger partial charge on any atom is -0.309 e. The minimum absolute atomic E-state index is 0.0178. The molecular weight excluding hydrogens is 426 g/mol. The summed E-state index contributed by atoms with van der Waals surface area (Å²) in [5.74, 6) is 5.10. The van der Waals surface area contributed by atoms with Crippen molar-refractivity contribution in [1.29, 1.82) is 0 Å². The number of aromatic amines is 2. The van der Waals surface area contributed by atoms with Gasteiger partial charge in [-0.25, -0.2) is 9.97 Å². The summed E-state index contributed by atoms with van der Waals surface area (Å²) in [7, 11) is 0. The lowest BCUT2D eigenvalue weighted by Gasteiger charge is -2.55. The van der Waals surface area contributed by atoms with Gasteiger partial charge >= 0.3 is 0 Å². The molecular formula is C23H27N5OS2. The highest BCUT2D eigenvalue weighted by molar-refractivity contribution is 7.98. The van der Waals surface area contributed by atoms with E-state index in [1.165, 1.54) is 61.8 Å². The van der Waals surface area contributed by atoms with E-state index in [1.54, 1.807) is 23.1 Å². The molecule has 0 spiro atoms. The molecule has 0 aromatic carbocycles. The third-order valence-electron chi connectivity index (χ3n) is 8.22. The number of rotatable bonds is 4. The summed E-state index contributed by atoms with van der Waals surface area (Å²) < 4.78 is 0. The first-order chi connectivity index (χ1) is 15.1. The van der Waals surface area contributed by atoms with E-state index in [0.29, 0.717) is 5.75 Å². The normalized spacial score (nSPS) is 31.4. The summed E-state index contributed by atoms with van der Waals surface area (Å²) in [6, 6.07) is 0. The van der Waals surface area contributed by atoms with E-state index in [4.69, 9.17) is 9.97 Å². The minimum atomic E-state index is 0.0178. The van der Waals surface area contributed by atoms with Crippen molar-refractivity contribution in [3.05, 3.63) is 32.4 Å². The molecule has 0 atom stereocenters. The highest BCUT2D eigenvalue weighted by Crippen LogP contribution is 2.60. The van der Waals surface area contributed by atoms with Crippen molar-refractivity contribution in [3.63, 3.8) is 0 Å². The van der Waals surface area contributed by atoms with Crippen molar-refractivity contribution in [1.82, 2.24) is 25.1 Å². The Morgan fingerprint density at radius 3 is 2.55 bits per heavy atom. The second-order valence-electron chi connectivity index (χ2n) is 10.4. The van der Waals surface area contributed by atoms with Crippen LogP contribution in [0.4, 0.5) is 0 Å². The van der Waals surface area contributed by atoms with Crippen molar-refractivity contribution in [2.45, 2.75) is 80.5 Å². The van der Waals surface area contributed by atoms with Gasteiger partial charge in [0.15, 0.2) is 0 Å². The van der Waals surface area contributed by atoms with Crippen molar-refractivity contribution in [2.24, 2.45) is 17.8 Å². The van der Waals surface area contributed by atoms with E-state index in [-0.39, 0.29) is 11.0 Å². The second-order valence-corrected chi connectivity index (χ2v) is 12.4. The molecule has 4 saturated carbocycles. The quantitative estimate of drug-likeness (QED) is 0.557. The van der Waals surface area contributed by atoms with Crippen LogP contribution in [-0.2, 0) is 24.0 Å². The van der Waals surface area contributed by atoms with Crippen LogP contribution in [0.15, 0.2) is 9.95 Å². The molecule has 5 aliphatic carbocycles. The maximum absolute atomic E-state index is 12.8. The molecule has 2 N–H and O–H groups in total. The smallest absolute Gasteiger partial charge is 0.259 e. The Labute approximate surface area is 189 Å². The van der Waals surface area contributed by atoms with Gasteiger partial charge in [-0.3, -0.25) is 9.89 Å². The Morgan fingerprint density at radius 2 is 1.77 bits per heavy atom. The van der Waals surface area contributed by atoms with Crippen LogP contribution in [0.5, 0.6) is 0 Å². The molecule has 0 saturated heterocycles. The van der Waals surface area contributed by atoms with Gasteiger partial charge in [0.25, 0.3) is 5.56 Å². The number of hydrogen-bond acceptors (Lipinski definition) is 6. The summed E-state index contributed by atoms with van der Waals surface area (Å²) in [6.45, 7) is 0. The molecule has 0 aliphatic heterocycles. The standard InChI is InChI=1S/C23H27N5OS2/c29-19-18-15-3-1-2-4-16(15)31-20(18)25-17(24-19)11-30-22-26-21(27-28-22)23-8-12-5-13(9-23)7-14(6-12)10-23/h12-14H,1-11H2,(H,24,25,29)(H,26,27,28). The first kappa shape index (κ1) is 18.9. The number of aromatic nitrogens is 5. The second kappa shape index (κ2) is 6.91. The molecule has 6 nitrogen and oxygen atoms in total. The fraction of sp³-hybridized carbons (Fsp3) is 0.652. The SMILES string of the molecule is O=c1[nH]c(CSc2n[nH]c(C34CC5CC(CC(C5)C3)C4)n2)nc2sc3c(c12)CCCC3. The van der Waals surface area contributed by atoms with Crippen LogP contribution in [0.3, 0.4) is 0 Å². The van der Waals surface area contributed by atoms with Gasteiger partial charge in [0.2, 0.25) is 5.16 Å². The molecule has 162 valence electrons. The molecule has 3 aromatic rings. The average Bonchev–Trinajstić information content (AvgIpc) is 3.36. The van der Waals surface area contributed by atoms with E-state index < -0.39 is 0 Å². The molecule has 4 fully saturated rings. The molecule has 8 heteroatoms. The van der Waals surface area contributed by atoms with Crippen LogP contribution < -0.4 is 5.56 Å². The molecule has 0 radical (unpaired) electrons. The number of aryl methyl sites for hydroxylation is 2. The summed E-state index contributed by atoms with van der Waals surface area (Å²) >= 11 is 3.28. The Hall–Kier alpha value is -1.67. The van der Waals surface area contributed by atoms with Crippen LogP contribution >= 0.6 is 23.1 Å². The van der Waals surface area contributed by atoms with Crippen LogP contribution in [0.1, 0.15) is 73.5 Å². The fourth-order valence-corrected chi connectivity index (χ4v) is 9.31. The largest absolute Gasteiger partial charge is 0.309 e. The van der Waals surface area contributed by atoms with E-state index in [9.17, 15) is 4.79 Å². The number of nitrogens with zero attached hydrogens (tertiary/aromatic N) is 3. The highest BCUT2D eigenvalue weighted by Gasteiger charge is 2.53. The molecule has 0 amide bonds. The third kappa shape index (κ3) is 3.04. The Balaban J connectivity index is 1.12. The van der Waals surface area contributed by atoms with Gasteiger partial charge < -0.3 is 4.98 Å². The zero-order valence-corrected chi connectivity index (χ0v) is 19.2. The van der Waals surface area contributed by atoms with Gasteiger partial charge in [0.1, 0.15) is 16.5 Å². The zero-order valence-electron chi connectivity index (χ0n) is 17.6. The topological polar surface area (TPSA) is 87.3 Å². The molecule has 8 rings (SSSR count). The summed E-state index contributed by atoms with van der Waals surface area (Å²) in [5.41, 5.74) is 1.50. The third-order valence-corrected chi connectivity index (χ3v) is 10.3. The predicted octanol–water partition coefficient (Wildman–Crippen LogP) is 4.74. The maximum Gasteiger partial charge on any atom is 0.259 e. The van der Waals surface area contributed by atoms with E-state index in [2.05, 4.69) is 15.2 Å². The lowest BCUT2D eigenvalue weighted by molar-refractivity contribution is -0.00931. The average molecular weight is 454 g/mol. The van der Waals surface area contributed by atoms with E-state index >= 15 is 0 Å². The zero-order chi connectivity index (χ0) is 20.6. The summed E-state index contributed by atoms with van der Waals surface area (Å²) in [5, 5.41) is 9.44. The lowest BCUT2D eigenvalue weighted by atomic mass is 9.49. The number of thioether (sulfide) groups is 1. The first-order valence-corrected chi connectivity index (χ1v) is 13.5. The molecule has 3 aromatic heterocycles. The number of H-pyrrole nitrogens is 2. The Morgan fingerprint density at radius 1 is 1.03 bits per heavy atom. The number of nitrogens with one attached hydrogen (secondary N) is 2. The molecule has 4 bridgehead atoms.